The maximum Gasteiger partial charge on any atom is 0.246 e. The lowest BCUT2D eigenvalue weighted by Crippen LogP contribution is -2.65. The Kier molecular flexibility index (Phi) is 5.60. The molecular formula is C31H32N6O4. The summed E-state index contributed by atoms with van der Waals surface area (Å²) in [5.74, 6) is 2.44. The highest BCUT2D eigenvalue weighted by molar-refractivity contribution is 5.98. The first-order valence-corrected chi connectivity index (χ1v) is 14.3. The summed E-state index contributed by atoms with van der Waals surface area (Å²) in [6.07, 6.45) is 6.02. The maximum absolute atomic E-state index is 14.3. The van der Waals surface area contributed by atoms with Crippen LogP contribution < -0.4 is 9.47 Å². The van der Waals surface area contributed by atoms with Gasteiger partial charge in [-0.15, -0.1) is 0 Å². The van der Waals surface area contributed by atoms with Gasteiger partial charge >= 0.3 is 0 Å². The zero-order valence-corrected chi connectivity index (χ0v) is 23.0. The van der Waals surface area contributed by atoms with Crippen molar-refractivity contribution in [2.75, 3.05) is 33.0 Å². The second-order valence-electron chi connectivity index (χ2n) is 11.5. The van der Waals surface area contributed by atoms with E-state index in [1.165, 1.54) is 0 Å². The molecule has 6 heterocycles. The molecule has 2 saturated heterocycles. The molecule has 0 aliphatic carbocycles. The number of nitrogens with one attached hydrogen (secondary N) is 1. The van der Waals surface area contributed by atoms with Crippen molar-refractivity contribution in [2.45, 2.75) is 37.4 Å². The summed E-state index contributed by atoms with van der Waals surface area (Å²) in [6.45, 7) is 2.86. The molecule has 41 heavy (non-hydrogen) atoms. The number of benzene rings is 2. The van der Waals surface area contributed by atoms with Gasteiger partial charge in [-0.05, 0) is 35.7 Å². The van der Waals surface area contributed by atoms with E-state index in [0.29, 0.717) is 17.9 Å². The summed E-state index contributed by atoms with van der Waals surface area (Å²) in [5, 5.41) is 1.10. The van der Waals surface area contributed by atoms with E-state index in [-0.39, 0.29) is 31.2 Å². The van der Waals surface area contributed by atoms with Crippen LogP contribution in [-0.2, 0) is 29.5 Å². The molecule has 0 radical (unpaired) electrons. The van der Waals surface area contributed by atoms with Gasteiger partial charge in [0.25, 0.3) is 0 Å². The van der Waals surface area contributed by atoms with Crippen LogP contribution in [0.3, 0.4) is 0 Å². The van der Waals surface area contributed by atoms with Crippen LogP contribution in [0.25, 0.3) is 10.9 Å². The molecule has 3 atom stereocenters. The van der Waals surface area contributed by atoms with Gasteiger partial charge in [-0.1, -0.05) is 24.3 Å². The Morgan fingerprint density at radius 3 is 2.85 bits per heavy atom. The van der Waals surface area contributed by atoms with Gasteiger partial charge in [-0.3, -0.25) is 9.59 Å². The summed E-state index contributed by atoms with van der Waals surface area (Å²) in [4.78, 5) is 42.4. The number of ether oxygens (including phenoxy) is 2. The number of piperazine rings is 1. The predicted molar refractivity (Wildman–Crippen MR) is 151 cm³/mol. The number of nitrogens with zero attached hydrogens (tertiary/aromatic N) is 5. The summed E-state index contributed by atoms with van der Waals surface area (Å²) in [7, 11) is 2.01. The van der Waals surface area contributed by atoms with Gasteiger partial charge in [-0.2, -0.15) is 0 Å². The Labute approximate surface area is 237 Å². The number of aryl methyl sites for hydroxylation is 1. The minimum atomic E-state index is -0.556. The fourth-order valence-electron chi connectivity index (χ4n) is 7.19. The summed E-state index contributed by atoms with van der Waals surface area (Å²) < 4.78 is 13.3. The fraction of sp³-hybridized carbons (Fsp3) is 0.387. The number of H-pyrrole nitrogens is 1. The zero-order valence-electron chi connectivity index (χ0n) is 23.0. The van der Waals surface area contributed by atoms with Crippen molar-refractivity contribution in [2.24, 2.45) is 7.05 Å². The van der Waals surface area contributed by atoms with Crippen molar-refractivity contribution in [3.63, 3.8) is 0 Å². The molecule has 4 aliphatic heterocycles. The van der Waals surface area contributed by atoms with Gasteiger partial charge in [0.2, 0.25) is 18.6 Å². The molecule has 8 rings (SSSR count). The lowest BCUT2D eigenvalue weighted by molar-refractivity contribution is -0.160. The molecule has 4 aliphatic rings. The standard InChI is InChI=1S/C31H32N6O4/c1-34-13-10-32-27(34)9-12-35-11-8-20(16-35)36-17-28(38)37-24(31(36)39)15-22-21-4-2-3-5-23(21)33-29(22)30(37)19-6-7-25-26(14-19)41-18-40-25/h2-7,10,13-14,20,24,30,33H,8-9,11-12,15-18H2,1H3. The summed E-state index contributed by atoms with van der Waals surface area (Å²) >= 11 is 0. The molecule has 10 nitrogen and oxygen atoms in total. The van der Waals surface area contributed by atoms with Crippen molar-refractivity contribution in [1.29, 1.82) is 0 Å². The first kappa shape index (κ1) is 24.5. The molecule has 4 aromatic rings. The third-order valence-corrected chi connectivity index (χ3v) is 9.27. The van der Waals surface area contributed by atoms with Crippen LogP contribution in [0.4, 0.5) is 0 Å². The minimum absolute atomic E-state index is 0.0203. The van der Waals surface area contributed by atoms with Gasteiger partial charge in [0.05, 0.1) is 6.04 Å². The average molecular weight is 553 g/mol. The Morgan fingerprint density at radius 1 is 1.10 bits per heavy atom. The number of carbonyl (C=O) groups excluding carboxylic acids is 2. The van der Waals surface area contributed by atoms with Gasteiger partial charge in [0.1, 0.15) is 18.4 Å². The number of fused-ring (bicyclic) bond motifs is 5. The van der Waals surface area contributed by atoms with Crippen LogP contribution in [0.1, 0.15) is 35.1 Å². The molecule has 2 aromatic heterocycles. The number of aromatic amines is 1. The van der Waals surface area contributed by atoms with Crippen LogP contribution in [0.2, 0.25) is 0 Å². The molecule has 10 heteroatoms. The molecule has 2 amide bonds. The van der Waals surface area contributed by atoms with Crippen molar-refractivity contribution in [3.8, 4) is 11.5 Å². The number of amides is 2. The van der Waals surface area contributed by atoms with Crippen LogP contribution in [-0.4, -0.2) is 86.1 Å². The smallest absolute Gasteiger partial charge is 0.246 e. The first-order chi connectivity index (χ1) is 20.0. The molecular weight excluding hydrogens is 520 g/mol. The van der Waals surface area contributed by atoms with Gasteiger partial charge in [0.15, 0.2) is 11.5 Å². The highest BCUT2D eigenvalue weighted by Crippen LogP contribution is 2.45. The quantitative estimate of drug-likeness (QED) is 0.409. The Balaban J connectivity index is 1.10. The maximum atomic E-state index is 14.3. The van der Waals surface area contributed by atoms with E-state index in [0.717, 1.165) is 66.0 Å². The van der Waals surface area contributed by atoms with E-state index >= 15 is 0 Å². The monoisotopic (exact) mass is 552 g/mol. The number of hydrogen-bond acceptors (Lipinski definition) is 6. The third kappa shape index (κ3) is 3.92. The number of carbonyl (C=O) groups is 2. The molecule has 2 aromatic carbocycles. The van der Waals surface area contributed by atoms with Gasteiger partial charge < -0.3 is 33.7 Å². The Hall–Kier alpha value is -4.31. The van der Waals surface area contributed by atoms with E-state index in [9.17, 15) is 9.59 Å². The first-order valence-electron chi connectivity index (χ1n) is 14.3. The number of aromatic nitrogens is 3. The highest BCUT2D eigenvalue weighted by atomic mass is 16.7. The van der Waals surface area contributed by atoms with Gasteiger partial charge in [0, 0.05) is 74.6 Å². The largest absolute Gasteiger partial charge is 0.454 e. The number of para-hydroxylation sites is 1. The predicted octanol–water partition coefficient (Wildman–Crippen LogP) is 2.63. The summed E-state index contributed by atoms with van der Waals surface area (Å²) in [6, 6.07) is 13.1. The number of likely N-dealkylation sites (tertiary alicyclic amines) is 1. The fourth-order valence-corrected chi connectivity index (χ4v) is 7.19. The van der Waals surface area contributed by atoms with E-state index in [2.05, 4.69) is 27.0 Å². The molecule has 0 spiro atoms. The van der Waals surface area contributed by atoms with Crippen LogP contribution in [0.5, 0.6) is 11.5 Å². The van der Waals surface area contributed by atoms with E-state index in [1.807, 2.05) is 64.1 Å². The second kappa shape index (κ2) is 9.37. The molecule has 2 fully saturated rings. The normalized spacial score (nSPS) is 23.9. The van der Waals surface area contributed by atoms with Crippen molar-refractivity contribution >= 4 is 22.7 Å². The molecule has 210 valence electrons. The van der Waals surface area contributed by atoms with E-state index in [1.54, 1.807) is 0 Å². The molecule has 0 saturated carbocycles. The second-order valence-corrected chi connectivity index (χ2v) is 11.5. The third-order valence-electron chi connectivity index (χ3n) is 9.27. The topological polar surface area (TPSA) is 95.9 Å². The van der Waals surface area contributed by atoms with E-state index in [4.69, 9.17) is 9.47 Å². The average Bonchev–Trinajstić information content (AvgIpc) is 3.79. The number of imidazole rings is 1. The Morgan fingerprint density at radius 2 is 1.98 bits per heavy atom. The van der Waals surface area contributed by atoms with Gasteiger partial charge in [-0.25, -0.2) is 4.98 Å². The van der Waals surface area contributed by atoms with Crippen molar-refractivity contribution in [3.05, 3.63) is 77.5 Å². The SMILES string of the molecule is Cn1ccnc1CCN1CCC(N2CC(=O)N3C(Cc4c([nH]c5ccccc45)C3c3ccc4c(c3)OCO4)C2=O)C1. The lowest BCUT2D eigenvalue weighted by Gasteiger charge is -2.48. The zero-order chi connectivity index (χ0) is 27.7. The highest BCUT2D eigenvalue weighted by Gasteiger charge is 2.50. The molecule has 3 unspecified atom stereocenters. The summed E-state index contributed by atoms with van der Waals surface area (Å²) in [5.41, 5.74) is 3.99. The van der Waals surface area contributed by atoms with Crippen LogP contribution in [0, 0.1) is 0 Å². The van der Waals surface area contributed by atoms with Crippen molar-refractivity contribution < 1.29 is 19.1 Å². The van der Waals surface area contributed by atoms with Crippen LogP contribution >= 0.6 is 0 Å². The van der Waals surface area contributed by atoms with Crippen LogP contribution in [0.15, 0.2) is 54.9 Å². The minimum Gasteiger partial charge on any atom is -0.454 e. The molecule has 1 N–H and O–H groups in total. The van der Waals surface area contributed by atoms with E-state index < -0.39 is 12.1 Å². The number of rotatable bonds is 5. The number of hydrogen-bond donors (Lipinski definition) is 1. The Bertz CT molecular complexity index is 1680. The lowest BCUT2D eigenvalue weighted by atomic mass is 9.85. The molecule has 0 bridgehead atoms. The van der Waals surface area contributed by atoms with Crippen molar-refractivity contribution in [1.82, 2.24) is 29.2 Å².